The zero-order valence-corrected chi connectivity index (χ0v) is 13.8. The highest BCUT2D eigenvalue weighted by atomic mass is 32.2. The largest absolute Gasteiger partial charge is 0.480 e. The van der Waals surface area contributed by atoms with Crippen LogP contribution in [0.2, 0.25) is 0 Å². The van der Waals surface area contributed by atoms with E-state index in [0.29, 0.717) is 0 Å². The Hall–Kier alpha value is -2.60. The van der Waals surface area contributed by atoms with Crippen molar-refractivity contribution in [2.45, 2.75) is 31.3 Å². The van der Waals surface area contributed by atoms with Gasteiger partial charge in [0.25, 0.3) is 10.0 Å². The lowest BCUT2D eigenvalue weighted by molar-refractivity contribution is 0.396. The van der Waals surface area contributed by atoms with Crippen molar-refractivity contribution in [2.24, 2.45) is 0 Å². The van der Waals surface area contributed by atoms with Crippen molar-refractivity contribution in [1.29, 1.82) is 5.26 Å². The molecule has 0 spiro atoms. The minimum absolute atomic E-state index is 0.0906. The second-order valence-electron chi connectivity index (χ2n) is 4.91. The highest BCUT2D eigenvalue weighted by Gasteiger charge is 2.19. The van der Waals surface area contributed by atoms with Gasteiger partial charge in [0.2, 0.25) is 5.88 Å². The topological polar surface area (TPSA) is 110 Å². The number of imidazole rings is 1. The van der Waals surface area contributed by atoms with Gasteiger partial charge in [0.15, 0.2) is 5.03 Å². The van der Waals surface area contributed by atoms with Crippen LogP contribution in [0.3, 0.4) is 0 Å². The zero-order valence-electron chi connectivity index (χ0n) is 13.0. The normalized spacial score (nSPS) is 12.4. The van der Waals surface area contributed by atoms with E-state index in [4.69, 9.17) is 10.00 Å². The monoisotopic (exact) mass is 335 g/mol. The van der Waals surface area contributed by atoms with Gasteiger partial charge in [-0.1, -0.05) is 6.92 Å². The minimum atomic E-state index is -3.85. The predicted octanol–water partition coefficient (Wildman–Crippen LogP) is 1.93. The van der Waals surface area contributed by atoms with E-state index < -0.39 is 10.0 Å². The lowest BCUT2D eigenvalue weighted by atomic mass is 10.3. The molecule has 23 heavy (non-hydrogen) atoms. The van der Waals surface area contributed by atoms with Gasteiger partial charge in [0.1, 0.15) is 11.6 Å². The summed E-state index contributed by atoms with van der Waals surface area (Å²) in [6.07, 6.45) is 5.09. The molecular weight excluding hydrogens is 318 g/mol. The molecule has 9 heteroatoms. The van der Waals surface area contributed by atoms with Crippen LogP contribution in [0.25, 0.3) is 0 Å². The summed E-state index contributed by atoms with van der Waals surface area (Å²) < 4.78 is 33.7. The van der Waals surface area contributed by atoms with Crippen LogP contribution in [0.4, 0.5) is 5.69 Å². The number of hydrogen-bond acceptors (Lipinski definition) is 6. The molecular formula is C14H17N5O3S. The van der Waals surface area contributed by atoms with Crippen molar-refractivity contribution in [3.8, 4) is 11.9 Å². The molecule has 1 N–H and O–H groups in total. The number of nitriles is 1. The molecule has 0 aliphatic heterocycles. The molecule has 0 saturated carbocycles. The summed E-state index contributed by atoms with van der Waals surface area (Å²) in [6, 6.07) is 3.41. The number of nitrogens with zero attached hydrogens (tertiary/aromatic N) is 4. The Bertz CT molecular complexity index is 838. The molecule has 1 unspecified atom stereocenters. The Labute approximate surface area is 134 Å². The molecule has 0 aromatic carbocycles. The fourth-order valence-corrected chi connectivity index (χ4v) is 2.84. The first-order valence-corrected chi connectivity index (χ1v) is 8.40. The second kappa shape index (κ2) is 6.66. The standard InChI is InChI=1S/C14H17N5O3S/c1-4-10(2)19-8-13(17-9-19)23(20,21)18-12-5-11(6-15)14(22-3)16-7-12/h5,7-10,18H,4H2,1-3H3. The van der Waals surface area contributed by atoms with Crippen LogP contribution in [0.1, 0.15) is 31.9 Å². The summed E-state index contributed by atoms with van der Waals surface area (Å²) in [4.78, 5) is 7.83. The summed E-state index contributed by atoms with van der Waals surface area (Å²) in [5.41, 5.74) is 0.304. The van der Waals surface area contributed by atoms with E-state index in [0.717, 1.165) is 6.42 Å². The van der Waals surface area contributed by atoms with Gasteiger partial charge < -0.3 is 9.30 Å². The van der Waals surface area contributed by atoms with E-state index in [-0.39, 0.29) is 28.2 Å². The van der Waals surface area contributed by atoms with E-state index in [1.165, 1.54) is 31.9 Å². The summed E-state index contributed by atoms with van der Waals surface area (Å²) in [6.45, 7) is 3.97. The highest BCUT2D eigenvalue weighted by Crippen LogP contribution is 2.21. The third-order valence-corrected chi connectivity index (χ3v) is 4.64. The number of rotatable bonds is 6. The molecule has 2 aromatic heterocycles. The van der Waals surface area contributed by atoms with Crippen LogP contribution in [-0.2, 0) is 10.0 Å². The van der Waals surface area contributed by atoms with Gasteiger partial charge in [-0.25, -0.2) is 9.97 Å². The van der Waals surface area contributed by atoms with E-state index in [9.17, 15) is 8.42 Å². The number of anilines is 1. The Morgan fingerprint density at radius 3 is 2.83 bits per heavy atom. The van der Waals surface area contributed by atoms with Crippen molar-refractivity contribution in [1.82, 2.24) is 14.5 Å². The maximum absolute atomic E-state index is 12.4. The molecule has 8 nitrogen and oxygen atoms in total. The number of methoxy groups -OCH3 is 1. The molecule has 0 amide bonds. The van der Waals surface area contributed by atoms with Crippen LogP contribution >= 0.6 is 0 Å². The second-order valence-corrected chi connectivity index (χ2v) is 6.54. The minimum Gasteiger partial charge on any atom is -0.480 e. The lowest BCUT2D eigenvalue weighted by Crippen LogP contribution is -2.14. The van der Waals surface area contributed by atoms with Gasteiger partial charge in [-0.2, -0.15) is 13.7 Å². The number of pyridine rings is 1. The number of aromatic nitrogens is 3. The average molecular weight is 335 g/mol. The number of ether oxygens (including phenoxy) is 1. The fourth-order valence-electron chi connectivity index (χ4n) is 1.87. The SMILES string of the molecule is CCC(C)n1cnc(S(=O)(=O)Nc2cnc(OC)c(C#N)c2)c1. The van der Waals surface area contributed by atoms with E-state index in [1.807, 2.05) is 19.9 Å². The van der Waals surface area contributed by atoms with Gasteiger partial charge >= 0.3 is 0 Å². The van der Waals surface area contributed by atoms with Crippen molar-refractivity contribution in [3.63, 3.8) is 0 Å². The third kappa shape index (κ3) is 3.60. The molecule has 2 rings (SSSR count). The van der Waals surface area contributed by atoms with E-state index in [1.54, 1.807) is 4.57 Å². The molecule has 2 aromatic rings. The van der Waals surface area contributed by atoms with Gasteiger partial charge in [0.05, 0.1) is 25.3 Å². The molecule has 122 valence electrons. The fraction of sp³-hybridized carbons (Fsp3) is 0.357. The smallest absolute Gasteiger partial charge is 0.280 e. The van der Waals surface area contributed by atoms with Crippen molar-refractivity contribution in [3.05, 3.63) is 30.4 Å². The van der Waals surface area contributed by atoms with E-state index in [2.05, 4.69) is 14.7 Å². The molecule has 0 fully saturated rings. The highest BCUT2D eigenvalue weighted by molar-refractivity contribution is 7.92. The zero-order chi connectivity index (χ0) is 17.0. The van der Waals surface area contributed by atoms with E-state index >= 15 is 0 Å². The Kier molecular flexibility index (Phi) is 4.86. The predicted molar refractivity (Wildman–Crippen MR) is 83.5 cm³/mol. The molecule has 0 radical (unpaired) electrons. The lowest BCUT2D eigenvalue weighted by Gasteiger charge is -2.09. The van der Waals surface area contributed by atoms with Gasteiger partial charge in [-0.15, -0.1) is 0 Å². The first kappa shape index (κ1) is 16.8. The average Bonchev–Trinajstić information content (AvgIpc) is 3.04. The van der Waals surface area contributed by atoms with Crippen LogP contribution in [0, 0.1) is 11.3 Å². The van der Waals surface area contributed by atoms with Crippen molar-refractivity contribution >= 4 is 15.7 Å². The van der Waals surface area contributed by atoms with Crippen molar-refractivity contribution in [2.75, 3.05) is 11.8 Å². The number of sulfonamides is 1. The molecule has 0 bridgehead atoms. The quantitative estimate of drug-likeness (QED) is 0.863. The van der Waals surface area contributed by atoms with Crippen molar-refractivity contribution < 1.29 is 13.2 Å². The Morgan fingerprint density at radius 1 is 1.48 bits per heavy atom. The summed E-state index contributed by atoms with van der Waals surface area (Å²) in [7, 11) is -2.47. The first-order valence-electron chi connectivity index (χ1n) is 6.91. The Morgan fingerprint density at radius 2 is 2.22 bits per heavy atom. The van der Waals surface area contributed by atoms with Gasteiger partial charge in [0, 0.05) is 12.2 Å². The maximum Gasteiger partial charge on any atom is 0.280 e. The summed E-state index contributed by atoms with van der Waals surface area (Å²) in [5.74, 6) is 0.136. The first-order chi connectivity index (χ1) is 10.9. The molecule has 0 aliphatic rings. The number of hydrogen-bond donors (Lipinski definition) is 1. The van der Waals surface area contributed by atoms with Gasteiger partial charge in [-0.3, -0.25) is 4.72 Å². The van der Waals surface area contributed by atoms with Gasteiger partial charge in [-0.05, 0) is 19.4 Å². The number of nitrogens with one attached hydrogen (secondary N) is 1. The maximum atomic E-state index is 12.4. The van der Waals surface area contributed by atoms with Crippen LogP contribution in [0.15, 0.2) is 29.8 Å². The third-order valence-electron chi connectivity index (χ3n) is 3.37. The van der Waals surface area contributed by atoms with Crippen LogP contribution in [0.5, 0.6) is 5.88 Å². The molecule has 2 heterocycles. The molecule has 0 saturated heterocycles. The molecule has 1 atom stereocenters. The van der Waals surface area contributed by atoms with Crippen LogP contribution in [-0.4, -0.2) is 30.1 Å². The summed E-state index contributed by atoms with van der Waals surface area (Å²) >= 11 is 0. The molecule has 0 aliphatic carbocycles. The Balaban J connectivity index is 2.28. The summed E-state index contributed by atoms with van der Waals surface area (Å²) in [5, 5.41) is 8.93. The van der Waals surface area contributed by atoms with Crippen LogP contribution < -0.4 is 9.46 Å².